The molecule has 0 spiro atoms. The largest absolute Gasteiger partial charge is 0.271 e. The van der Waals surface area contributed by atoms with Crippen molar-refractivity contribution in [3.05, 3.63) is 54.9 Å². The van der Waals surface area contributed by atoms with Crippen LogP contribution in [0.5, 0.6) is 0 Å². The van der Waals surface area contributed by atoms with Gasteiger partial charge in [-0.25, -0.2) is 4.39 Å². The number of benzene rings is 1. The average Bonchev–Trinajstić information content (AvgIpc) is 2.70. The standard InChI is InChI=1S/C12H10Cl3FN2S/c13-8-2-1-6(3-9(8)16)4-10(18-17)7-5-11(14)19-12(7)15/h1-3,5,10,18H,4,17H2. The number of nitrogens with one attached hydrogen (secondary N) is 1. The van der Waals surface area contributed by atoms with Crippen LogP contribution in [0.15, 0.2) is 24.3 Å². The van der Waals surface area contributed by atoms with Gasteiger partial charge in [0.2, 0.25) is 0 Å². The summed E-state index contributed by atoms with van der Waals surface area (Å²) in [7, 11) is 0. The number of hydrogen-bond donors (Lipinski definition) is 2. The minimum atomic E-state index is -0.454. The Morgan fingerprint density at radius 3 is 2.53 bits per heavy atom. The van der Waals surface area contributed by atoms with Gasteiger partial charge in [-0.15, -0.1) is 11.3 Å². The zero-order valence-corrected chi connectivity index (χ0v) is 12.7. The second-order valence-electron chi connectivity index (χ2n) is 3.95. The van der Waals surface area contributed by atoms with Gasteiger partial charge in [0.1, 0.15) is 5.82 Å². The van der Waals surface area contributed by atoms with Crippen LogP contribution >= 0.6 is 46.1 Å². The summed E-state index contributed by atoms with van der Waals surface area (Å²) in [5.74, 6) is 5.08. The second kappa shape index (κ2) is 6.39. The molecule has 0 aliphatic heterocycles. The molecule has 102 valence electrons. The van der Waals surface area contributed by atoms with Crippen molar-refractivity contribution in [1.82, 2.24) is 5.43 Å². The zero-order chi connectivity index (χ0) is 14.0. The third-order valence-corrected chi connectivity index (χ3v) is 4.51. The molecular formula is C12H10Cl3FN2S. The molecule has 0 radical (unpaired) electrons. The molecule has 2 nitrogen and oxygen atoms in total. The highest BCUT2D eigenvalue weighted by Gasteiger charge is 2.17. The quantitative estimate of drug-likeness (QED) is 0.631. The van der Waals surface area contributed by atoms with Crippen LogP contribution in [0.25, 0.3) is 0 Å². The van der Waals surface area contributed by atoms with Crippen LogP contribution in [0.1, 0.15) is 17.2 Å². The van der Waals surface area contributed by atoms with E-state index >= 15 is 0 Å². The minimum absolute atomic E-state index is 0.0950. The lowest BCUT2D eigenvalue weighted by molar-refractivity contribution is 0.550. The molecule has 0 fully saturated rings. The van der Waals surface area contributed by atoms with E-state index in [0.29, 0.717) is 15.1 Å². The fourth-order valence-corrected chi connectivity index (χ4v) is 3.45. The predicted molar refractivity (Wildman–Crippen MR) is 79.5 cm³/mol. The molecule has 0 aliphatic rings. The van der Waals surface area contributed by atoms with Gasteiger partial charge in [0.25, 0.3) is 0 Å². The smallest absolute Gasteiger partial charge is 0.142 e. The molecule has 1 atom stereocenters. The van der Waals surface area contributed by atoms with Gasteiger partial charge >= 0.3 is 0 Å². The van der Waals surface area contributed by atoms with E-state index in [1.807, 2.05) is 0 Å². The van der Waals surface area contributed by atoms with Crippen LogP contribution in [-0.4, -0.2) is 0 Å². The molecule has 1 unspecified atom stereocenters. The van der Waals surface area contributed by atoms with Gasteiger partial charge in [0.05, 0.1) is 19.7 Å². The number of hydrogen-bond acceptors (Lipinski definition) is 3. The van der Waals surface area contributed by atoms with E-state index in [-0.39, 0.29) is 11.1 Å². The van der Waals surface area contributed by atoms with Gasteiger partial charge in [-0.2, -0.15) is 0 Å². The average molecular weight is 340 g/mol. The number of rotatable bonds is 4. The first-order valence-corrected chi connectivity index (χ1v) is 7.31. The van der Waals surface area contributed by atoms with E-state index < -0.39 is 5.82 Å². The lowest BCUT2D eigenvalue weighted by Gasteiger charge is -2.15. The highest BCUT2D eigenvalue weighted by Crippen LogP contribution is 2.36. The summed E-state index contributed by atoms with van der Waals surface area (Å²) in [6.45, 7) is 0. The number of thiophene rings is 1. The lowest BCUT2D eigenvalue weighted by atomic mass is 10.0. The Morgan fingerprint density at radius 1 is 1.26 bits per heavy atom. The summed E-state index contributed by atoms with van der Waals surface area (Å²) >= 11 is 18.9. The molecule has 19 heavy (non-hydrogen) atoms. The minimum Gasteiger partial charge on any atom is -0.271 e. The lowest BCUT2D eigenvalue weighted by Crippen LogP contribution is -2.29. The van der Waals surface area contributed by atoms with E-state index in [1.165, 1.54) is 23.5 Å². The molecule has 0 amide bonds. The van der Waals surface area contributed by atoms with Gasteiger partial charge in [-0.05, 0) is 30.2 Å². The third-order valence-electron chi connectivity index (χ3n) is 2.68. The van der Waals surface area contributed by atoms with Gasteiger partial charge in [-0.1, -0.05) is 40.9 Å². The Labute approximate surface area is 129 Å². The number of hydrazine groups is 1. The monoisotopic (exact) mass is 338 g/mol. The van der Waals surface area contributed by atoms with E-state index in [1.54, 1.807) is 12.1 Å². The maximum Gasteiger partial charge on any atom is 0.142 e. The van der Waals surface area contributed by atoms with E-state index in [4.69, 9.17) is 40.6 Å². The summed E-state index contributed by atoms with van der Waals surface area (Å²) in [5, 5.41) is 0.0950. The fraction of sp³-hybridized carbons (Fsp3) is 0.167. The van der Waals surface area contributed by atoms with Crippen molar-refractivity contribution < 1.29 is 4.39 Å². The fourth-order valence-electron chi connectivity index (χ4n) is 1.75. The van der Waals surface area contributed by atoms with Crippen molar-refractivity contribution in [2.45, 2.75) is 12.5 Å². The second-order valence-corrected chi connectivity index (χ2v) is 6.64. The molecule has 7 heteroatoms. The molecule has 1 aromatic carbocycles. The SMILES string of the molecule is NNC(Cc1ccc(Cl)c(F)c1)c1cc(Cl)sc1Cl. The van der Waals surface area contributed by atoms with Gasteiger partial charge in [0, 0.05) is 5.56 Å². The Bertz CT molecular complexity index is 588. The highest BCUT2D eigenvalue weighted by atomic mass is 35.5. The molecule has 3 N–H and O–H groups in total. The van der Waals surface area contributed by atoms with Gasteiger partial charge in [-0.3, -0.25) is 11.3 Å². The molecule has 1 aromatic heterocycles. The van der Waals surface area contributed by atoms with Crippen LogP contribution in [0, 0.1) is 5.82 Å². The molecule has 0 aliphatic carbocycles. The first-order chi connectivity index (χ1) is 9.01. The summed E-state index contributed by atoms with van der Waals surface area (Å²) in [6.07, 6.45) is 0.484. The van der Waals surface area contributed by atoms with E-state index in [0.717, 1.165) is 11.1 Å². The first-order valence-electron chi connectivity index (χ1n) is 5.36. The maximum absolute atomic E-state index is 13.4. The Balaban J connectivity index is 2.23. The van der Waals surface area contributed by atoms with Crippen LogP contribution in [0.4, 0.5) is 4.39 Å². The van der Waals surface area contributed by atoms with Crippen LogP contribution in [-0.2, 0) is 6.42 Å². The van der Waals surface area contributed by atoms with Crippen LogP contribution in [0.2, 0.25) is 13.7 Å². The maximum atomic E-state index is 13.4. The molecule has 0 saturated heterocycles. The molecule has 0 saturated carbocycles. The summed E-state index contributed by atoms with van der Waals surface area (Å²) in [5.41, 5.74) is 4.23. The molecule has 2 aromatic rings. The van der Waals surface area contributed by atoms with Gasteiger partial charge in [0.15, 0.2) is 0 Å². The highest BCUT2D eigenvalue weighted by molar-refractivity contribution is 7.20. The van der Waals surface area contributed by atoms with E-state index in [9.17, 15) is 4.39 Å². The normalized spacial score (nSPS) is 12.7. The van der Waals surface area contributed by atoms with Crippen molar-refractivity contribution in [3.63, 3.8) is 0 Å². The molecular weight excluding hydrogens is 330 g/mol. The summed E-state index contributed by atoms with van der Waals surface area (Å²) in [4.78, 5) is 0. The summed E-state index contributed by atoms with van der Waals surface area (Å²) < 4.78 is 14.5. The zero-order valence-electron chi connectivity index (χ0n) is 9.59. The van der Waals surface area contributed by atoms with Crippen molar-refractivity contribution in [1.29, 1.82) is 0 Å². The molecule has 2 rings (SSSR count). The van der Waals surface area contributed by atoms with Gasteiger partial charge < -0.3 is 0 Å². The van der Waals surface area contributed by atoms with Crippen molar-refractivity contribution in [3.8, 4) is 0 Å². The first kappa shape index (κ1) is 15.0. The predicted octanol–water partition coefficient (Wildman–Crippen LogP) is 4.59. The van der Waals surface area contributed by atoms with Crippen LogP contribution < -0.4 is 11.3 Å². The van der Waals surface area contributed by atoms with Crippen molar-refractivity contribution in [2.24, 2.45) is 5.84 Å². The summed E-state index contributed by atoms with van der Waals surface area (Å²) in [6, 6.07) is 6.16. The van der Waals surface area contributed by atoms with Crippen molar-refractivity contribution >= 4 is 46.1 Å². The number of halogens is 4. The molecule has 0 bridgehead atoms. The van der Waals surface area contributed by atoms with E-state index in [2.05, 4.69) is 5.43 Å². The Hall–Kier alpha value is -0.360. The number of nitrogens with two attached hydrogens (primary N) is 1. The third kappa shape index (κ3) is 3.60. The van der Waals surface area contributed by atoms with Crippen molar-refractivity contribution in [2.75, 3.05) is 0 Å². The Kier molecular flexibility index (Phi) is 5.06. The topological polar surface area (TPSA) is 38.0 Å². The molecule has 1 heterocycles. The van der Waals surface area contributed by atoms with Crippen LogP contribution in [0.3, 0.4) is 0 Å². The Morgan fingerprint density at radius 2 is 2.00 bits per heavy atom.